The van der Waals surface area contributed by atoms with Crippen molar-refractivity contribution in [3.05, 3.63) is 22.7 Å². The van der Waals surface area contributed by atoms with Gasteiger partial charge in [0.2, 0.25) is 5.91 Å². The number of benzene rings is 1. The van der Waals surface area contributed by atoms with Crippen molar-refractivity contribution in [3.63, 3.8) is 0 Å². The molecule has 1 saturated carbocycles. The molecule has 0 aliphatic heterocycles. The molecule has 0 spiro atoms. The predicted octanol–water partition coefficient (Wildman–Crippen LogP) is 4.29. The van der Waals surface area contributed by atoms with Gasteiger partial charge in [-0.2, -0.15) is 0 Å². The van der Waals surface area contributed by atoms with Crippen LogP contribution in [0.4, 0.5) is 5.69 Å². The van der Waals surface area contributed by atoms with Gasteiger partial charge >= 0.3 is 0 Å². The molecule has 21 heavy (non-hydrogen) atoms. The van der Waals surface area contributed by atoms with Gasteiger partial charge in [0.15, 0.2) is 0 Å². The highest BCUT2D eigenvalue weighted by molar-refractivity contribution is 9.10. The molecule has 1 N–H and O–H groups in total. The van der Waals surface area contributed by atoms with Crippen LogP contribution in [0, 0.1) is 5.92 Å². The third-order valence-electron chi connectivity index (χ3n) is 3.75. The van der Waals surface area contributed by atoms with Crippen molar-refractivity contribution < 1.29 is 13.2 Å². The minimum atomic E-state index is -3.76. The van der Waals surface area contributed by atoms with Crippen molar-refractivity contribution in [1.29, 1.82) is 0 Å². The molecule has 0 atom stereocenters. The summed E-state index contributed by atoms with van der Waals surface area (Å²) >= 11 is 3.25. The summed E-state index contributed by atoms with van der Waals surface area (Å²) in [6, 6.07) is 4.29. The molecule has 0 bridgehead atoms. The fraction of sp³-hybridized carbons (Fsp3) is 0.500. The highest BCUT2D eigenvalue weighted by Crippen LogP contribution is 2.30. The molecule has 1 fully saturated rings. The predicted molar refractivity (Wildman–Crippen MR) is 87.0 cm³/mol. The van der Waals surface area contributed by atoms with E-state index >= 15 is 0 Å². The second-order valence-electron chi connectivity index (χ2n) is 5.32. The van der Waals surface area contributed by atoms with E-state index in [4.69, 9.17) is 10.7 Å². The van der Waals surface area contributed by atoms with Crippen LogP contribution in [0.15, 0.2) is 27.6 Å². The standard InChI is InChI=1S/C14H17BrClNO3S/c15-12-9-11(21(16,19)20)6-7-13(12)17-14(18)8-5-10-3-1-2-4-10/h6-7,9-10H,1-5,8H2,(H,17,18). The van der Waals surface area contributed by atoms with Crippen molar-refractivity contribution in [2.75, 3.05) is 5.32 Å². The Labute approximate surface area is 137 Å². The molecule has 1 amide bonds. The number of anilines is 1. The van der Waals surface area contributed by atoms with Crippen LogP contribution in [0.1, 0.15) is 38.5 Å². The summed E-state index contributed by atoms with van der Waals surface area (Å²) < 4.78 is 22.9. The van der Waals surface area contributed by atoms with Crippen LogP contribution in [0.25, 0.3) is 0 Å². The lowest BCUT2D eigenvalue weighted by Crippen LogP contribution is -2.13. The molecule has 2 rings (SSSR count). The molecule has 0 saturated heterocycles. The van der Waals surface area contributed by atoms with Gasteiger partial charge in [-0.3, -0.25) is 4.79 Å². The summed E-state index contributed by atoms with van der Waals surface area (Å²) in [5.41, 5.74) is 0.551. The van der Waals surface area contributed by atoms with Crippen LogP contribution in [0.3, 0.4) is 0 Å². The largest absolute Gasteiger partial charge is 0.325 e. The molecule has 1 aromatic carbocycles. The van der Waals surface area contributed by atoms with Crippen LogP contribution >= 0.6 is 26.6 Å². The zero-order chi connectivity index (χ0) is 15.5. The Morgan fingerprint density at radius 3 is 2.57 bits per heavy atom. The summed E-state index contributed by atoms with van der Waals surface area (Å²) in [4.78, 5) is 11.9. The van der Waals surface area contributed by atoms with Gasteiger partial charge < -0.3 is 5.32 Å². The van der Waals surface area contributed by atoms with Crippen molar-refractivity contribution in [2.45, 2.75) is 43.4 Å². The molecule has 0 radical (unpaired) electrons. The highest BCUT2D eigenvalue weighted by Gasteiger charge is 2.17. The van der Waals surface area contributed by atoms with Crippen molar-refractivity contribution in [1.82, 2.24) is 0 Å². The minimum absolute atomic E-state index is 0.00000346. The number of hydrogen-bond donors (Lipinski definition) is 1. The molecular weight excluding hydrogens is 378 g/mol. The van der Waals surface area contributed by atoms with Crippen molar-refractivity contribution >= 4 is 47.3 Å². The van der Waals surface area contributed by atoms with E-state index in [1.165, 1.54) is 43.9 Å². The SMILES string of the molecule is O=C(CCC1CCCC1)Nc1ccc(S(=O)(=O)Cl)cc1Br. The second kappa shape index (κ2) is 7.11. The summed E-state index contributed by atoms with van der Waals surface area (Å²) in [7, 11) is 1.51. The zero-order valence-electron chi connectivity index (χ0n) is 11.4. The summed E-state index contributed by atoms with van der Waals surface area (Å²) in [5, 5.41) is 2.79. The lowest BCUT2D eigenvalue weighted by molar-refractivity contribution is -0.116. The van der Waals surface area contributed by atoms with Crippen LogP contribution in [-0.2, 0) is 13.8 Å². The number of carbonyl (C=O) groups excluding carboxylic acids is 1. The fourth-order valence-electron chi connectivity index (χ4n) is 2.60. The Morgan fingerprint density at radius 1 is 1.33 bits per heavy atom. The zero-order valence-corrected chi connectivity index (χ0v) is 14.6. The first-order valence-corrected chi connectivity index (χ1v) is 10.0. The van der Waals surface area contributed by atoms with Crippen molar-refractivity contribution in [2.24, 2.45) is 5.92 Å². The van der Waals surface area contributed by atoms with Crippen LogP contribution in [-0.4, -0.2) is 14.3 Å². The average molecular weight is 395 g/mol. The molecule has 7 heteroatoms. The normalized spacial score (nSPS) is 16.1. The summed E-state index contributed by atoms with van der Waals surface area (Å²) in [6.45, 7) is 0. The molecule has 1 aromatic rings. The van der Waals surface area contributed by atoms with Crippen molar-refractivity contribution in [3.8, 4) is 0 Å². The van der Waals surface area contributed by atoms with E-state index in [9.17, 15) is 13.2 Å². The monoisotopic (exact) mass is 393 g/mol. The van der Waals surface area contributed by atoms with Crippen LogP contribution in [0.2, 0.25) is 0 Å². The summed E-state index contributed by atoms with van der Waals surface area (Å²) in [6.07, 6.45) is 6.39. The van der Waals surface area contributed by atoms with Gasteiger partial charge in [0.25, 0.3) is 9.05 Å². The molecule has 0 aromatic heterocycles. The topological polar surface area (TPSA) is 63.2 Å². The molecular formula is C14H17BrClNO3S. The maximum absolute atomic E-state index is 11.9. The number of amides is 1. The Kier molecular flexibility index (Phi) is 5.68. The Morgan fingerprint density at radius 2 is 2.00 bits per heavy atom. The van der Waals surface area contributed by atoms with E-state index in [2.05, 4.69) is 21.2 Å². The van der Waals surface area contributed by atoms with E-state index in [0.29, 0.717) is 22.5 Å². The molecule has 0 heterocycles. The Balaban J connectivity index is 1.94. The average Bonchev–Trinajstić information content (AvgIpc) is 2.91. The van der Waals surface area contributed by atoms with Crippen LogP contribution < -0.4 is 5.32 Å². The third-order valence-corrected chi connectivity index (χ3v) is 5.76. The van der Waals surface area contributed by atoms with E-state index < -0.39 is 9.05 Å². The van der Waals surface area contributed by atoms with E-state index in [1.807, 2.05) is 0 Å². The third kappa shape index (κ3) is 4.97. The van der Waals surface area contributed by atoms with Gasteiger partial charge in [-0.25, -0.2) is 8.42 Å². The number of carbonyl (C=O) groups is 1. The number of hydrogen-bond acceptors (Lipinski definition) is 3. The summed E-state index contributed by atoms with van der Waals surface area (Å²) in [5.74, 6) is 0.618. The first kappa shape index (κ1) is 16.8. The van der Waals surface area contributed by atoms with E-state index in [-0.39, 0.29) is 10.8 Å². The first-order valence-electron chi connectivity index (χ1n) is 6.90. The van der Waals surface area contributed by atoms with E-state index in [0.717, 1.165) is 6.42 Å². The molecule has 0 unspecified atom stereocenters. The van der Waals surface area contributed by atoms with Gasteiger partial charge in [0.05, 0.1) is 10.6 Å². The minimum Gasteiger partial charge on any atom is -0.325 e. The lowest BCUT2D eigenvalue weighted by Gasteiger charge is -2.10. The van der Waals surface area contributed by atoms with Gasteiger partial charge in [-0.05, 0) is 46.5 Å². The highest BCUT2D eigenvalue weighted by atomic mass is 79.9. The molecule has 1 aliphatic rings. The quantitative estimate of drug-likeness (QED) is 0.758. The van der Waals surface area contributed by atoms with Gasteiger partial charge in [0, 0.05) is 21.6 Å². The smallest absolute Gasteiger partial charge is 0.261 e. The molecule has 116 valence electrons. The maximum Gasteiger partial charge on any atom is 0.261 e. The molecule has 1 aliphatic carbocycles. The number of rotatable bonds is 5. The lowest BCUT2D eigenvalue weighted by atomic mass is 10.0. The number of halogens is 2. The maximum atomic E-state index is 11.9. The van der Waals surface area contributed by atoms with Gasteiger partial charge in [-0.15, -0.1) is 0 Å². The van der Waals surface area contributed by atoms with Gasteiger partial charge in [0.1, 0.15) is 0 Å². The Bertz CT molecular complexity index is 627. The second-order valence-corrected chi connectivity index (χ2v) is 8.74. The first-order chi connectivity index (χ1) is 9.86. The fourth-order valence-corrected chi connectivity index (χ4v) is 4.00. The van der Waals surface area contributed by atoms with E-state index in [1.54, 1.807) is 0 Å². The van der Waals surface area contributed by atoms with Crippen LogP contribution in [0.5, 0.6) is 0 Å². The molecule has 4 nitrogen and oxygen atoms in total. The number of nitrogens with one attached hydrogen (secondary N) is 1. The Hall–Kier alpha value is -0.590. The van der Waals surface area contributed by atoms with Gasteiger partial charge in [-0.1, -0.05) is 25.7 Å².